The number of ether oxygens (including phenoxy) is 1. The molecule has 0 saturated heterocycles. The molecule has 0 aliphatic rings. The van der Waals surface area contributed by atoms with Crippen LogP contribution in [0.3, 0.4) is 0 Å². The van der Waals surface area contributed by atoms with Crippen LogP contribution in [0, 0.1) is 0 Å². The molecule has 0 unspecified atom stereocenters. The summed E-state index contributed by atoms with van der Waals surface area (Å²) in [5.41, 5.74) is 6.67. The molecule has 1 rings (SSSR count). The molecule has 1 amide bonds. The van der Waals surface area contributed by atoms with Crippen LogP contribution in [-0.2, 0) is 11.2 Å². The second-order valence-electron chi connectivity index (χ2n) is 4.31. The largest absolute Gasteiger partial charge is 0.491 e. The third-order valence-corrected chi connectivity index (χ3v) is 3.73. The molecule has 0 bridgehead atoms. The average Bonchev–Trinajstić information content (AvgIpc) is 2.32. The second kappa shape index (κ2) is 7.87. The van der Waals surface area contributed by atoms with Gasteiger partial charge in [0.05, 0.1) is 22.0 Å². The average molecular weight is 394 g/mol. The Morgan fingerprint density at radius 1 is 1.32 bits per heavy atom. The van der Waals surface area contributed by atoms with Gasteiger partial charge in [-0.3, -0.25) is 4.79 Å². The highest BCUT2D eigenvalue weighted by atomic mass is 79.9. The molecule has 1 aromatic carbocycles. The summed E-state index contributed by atoms with van der Waals surface area (Å²) in [5, 5.41) is 0. The van der Waals surface area contributed by atoms with Crippen LogP contribution in [0.1, 0.15) is 12.0 Å². The molecular weight excluding hydrogens is 376 g/mol. The van der Waals surface area contributed by atoms with Crippen LogP contribution >= 0.6 is 31.9 Å². The van der Waals surface area contributed by atoms with Gasteiger partial charge in [0.1, 0.15) is 5.75 Å². The fraction of sp³-hybridized carbons (Fsp3) is 0.462. The van der Waals surface area contributed by atoms with Crippen LogP contribution in [0.4, 0.5) is 0 Å². The van der Waals surface area contributed by atoms with E-state index in [4.69, 9.17) is 10.5 Å². The lowest BCUT2D eigenvalue weighted by Gasteiger charge is -2.13. The Bertz CT molecular complexity index is 427. The zero-order valence-corrected chi connectivity index (χ0v) is 14.3. The van der Waals surface area contributed by atoms with E-state index < -0.39 is 0 Å². The van der Waals surface area contributed by atoms with E-state index in [0.29, 0.717) is 25.3 Å². The molecule has 6 heteroatoms. The van der Waals surface area contributed by atoms with Gasteiger partial charge in [-0.25, -0.2) is 0 Å². The number of nitrogens with zero attached hydrogens (tertiary/aromatic N) is 1. The number of carbonyl (C=O) groups excluding carboxylic acids is 1. The molecule has 0 atom stereocenters. The molecular formula is C13H18Br2N2O2. The molecule has 0 spiro atoms. The van der Waals surface area contributed by atoms with Gasteiger partial charge in [-0.05, 0) is 62.5 Å². The molecule has 1 aromatic rings. The third-order valence-electron chi connectivity index (χ3n) is 2.55. The monoisotopic (exact) mass is 392 g/mol. The van der Waals surface area contributed by atoms with Gasteiger partial charge in [0.25, 0.3) is 0 Å². The maximum atomic E-state index is 11.5. The summed E-state index contributed by atoms with van der Waals surface area (Å²) >= 11 is 6.95. The molecule has 2 N–H and O–H groups in total. The molecule has 0 aliphatic heterocycles. The lowest BCUT2D eigenvalue weighted by atomic mass is 10.1. The second-order valence-corrected chi connectivity index (χ2v) is 6.02. The summed E-state index contributed by atoms with van der Waals surface area (Å²) in [7, 11) is 3.46. The fourth-order valence-corrected chi connectivity index (χ4v) is 3.04. The smallest absolute Gasteiger partial charge is 0.225 e. The zero-order chi connectivity index (χ0) is 14.4. The topological polar surface area (TPSA) is 55.6 Å². The SMILES string of the molecule is CN(C)C(=O)CCOc1c(Br)cc(CCN)cc1Br. The highest BCUT2D eigenvalue weighted by molar-refractivity contribution is 9.11. The van der Waals surface area contributed by atoms with Crippen LogP contribution in [-0.4, -0.2) is 38.1 Å². The van der Waals surface area contributed by atoms with Crippen molar-refractivity contribution in [2.24, 2.45) is 5.73 Å². The van der Waals surface area contributed by atoms with Gasteiger partial charge in [-0.1, -0.05) is 0 Å². The Balaban J connectivity index is 2.66. The Morgan fingerprint density at radius 3 is 2.37 bits per heavy atom. The van der Waals surface area contributed by atoms with Gasteiger partial charge in [0.2, 0.25) is 5.91 Å². The van der Waals surface area contributed by atoms with E-state index in [0.717, 1.165) is 20.9 Å². The van der Waals surface area contributed by atoms with Gasteiger partial charge in [0, 0.05) is 14.1 Å². The Labute approximate surface area is 130 Å². The Kier molecular flexibility index (Phi) is 6.82. The van der Waals surface area contributed by atoms with Crippen LogP contribution in [0.25, 0.3) is 0 Å². The lowest BCUT2D eigenvalue weighted by molar-refractivity contribution is -0.129. The maximum Gasteiger partial charge on any atom is 0.225 e. The summed E-state index contributed by atoms with van der Waals surface area (Å²) in [4.78, 5) is 13.0. The molecule has 0 aromatic heterocycles. The molecule has 0 heterocycles. The molecule has 4 nitrogen and oxygen atoms in total. The predicted octanol–water partition coefficient (Wildman–Crippen LogP) is 2.57. The highest BCUT2D eigenvalue weighted by Crippen LogP contribution is 2.35. The van der Waals surface area contributed by atoms with E-state index >= 15 is 0 Å². The van der Waals surface area contributed by atoms with Crippen molar-refractivity contribution >= 4 is 37.8 Å². The standard InChI is InChI=1S/C13H18Br2N2O2/c1-17(2)12(18)4-6-19-13-10(14)7-9(3-5-16)8-11(13)15/h7-8H,3-6,16H2,1-2H3. The third kappa shape index (κ3) is 5.12. The number of nitrogens with two attached hydrogens (primary N) is 1. The maximum absolute atomic E-state index is 11.5. The van der Waals surface area contributed by atoms with Gasteiger partial charge >= 0.3 is 0 Å². The highest BCUT2D eigenvalue weighted by Gasteiger charge is 2.10. The van der Waals surface area contributed by atoms with E-state index in [-0.39, 0.29) is 5.91 Å². The number of carbonyl (C=O) groups is 1. The van der Waals surface area contributed by atoms with Gasteiger partial charge in [-0.15, -0.1) is 0 Å². The first-order chi connectivity index (χ1) is 8.95. The molecule has 0 saturated carbocycles. The van der Waals surface area contributed by atoms with Crippen LogP contribution in [0.15, 0.2) is 21.1 Å². The van der Waals surface area contributed by atoms with Crippen LogP contribution < -0.4 is 10.5 Å². The first-order valence-electron chi connectivity index (χ1n) is 5.96. The minimum absolute atomic E-state index is 0.0481. The van der Waals surface area contributed by atoms with Crippen molar-refractivity contribution in [3.63, 3.8) is 0 Å². The van der Waals surface area contributed by atoms with Crippen molar-refractivity contribution in [3.8, 4) is 5.75 Å². The Hall–Kier alpha value is -0.590. The van der Waals surface area contributed by atoms with Crippen LogP contribution in [0.2, 0.25) is 0 Å². The van der Waals surface area contributed by atoms with Gasteiger partial charge in [0.15, 0.2) is 0 Å². The first-order valence-corrected chi connectivity index (χ1v) is 7.55. The number of rotatable bonds is 6. The van der Waals surface area contributed by atoms with Crippen molar-refractivity contribution < 1.29 is 9.53 Å². The summed E-state index contributed by atoms with van der Waals surface area (Å²) in [6.07, 6.45) is 1.17. The number of hydrogen-bond acceptors (Lipinski definition) is 3. The molecule has 0 aliphatic carbocycles. The van der Waals surface area contributed by atoms with E-state index in [9.17, 15) is 4.79 Å². The summed E-state index contributed by atoms with van der Waals surface area (Å²) < 4.78 is 7.38. The molecule has 106 valence electrons. The van der Waals surface area contributed by atoms with E-state index in [1.165, 1.54) is 0 Å². The molecule has 19 heavy (non-hydrogen) atoms. The van der Waals surface area contributed by atoms with E-state index in [1.807, 2.05) is 12.1 Å². The van der Waals surface area contributed by atoms with Crippen molar-refractivity contribution in [2.75, 3.05) is 27.2 Å². The first kappa shape index (κ1) is 16.5. The fourth-order valence-electron chi connectivity index (χ4n) is 1.53. The van der Waals surface area contributed by atoms with Crippen LogP contribution in [0.5, 0.6) is 5.75 Å². The number of amides is 1. The lowest BCUT2D eigenvalue weighted by Crippen LogP contribution is -2.23. The van der Waals surface area contributed by atoms with Crippen molar-refractivity contribution in [2.45, 2.75) is 12.8 Å². The quantitative estimate of drug-likeness (QED) is 0.807. The number of halogens is 2. The number of hydrogen-bond donors (Lipinski definition) is 1. The molecule has 0 radical (unpaired) electrons. The van der Waals surface area contributed by atoms with Crippen molar-refractivity contribution in [1.82, 2.24) is 4.90 Å². The summed E-state index contributed by atoms with van der Waals surface area (Å²) in [6, 6.07) is 3.97. The zero-order valence-electron chi connectivity index (χ0n) is 11.1. The molecule has 0 fully saturated rings. The van der Waals surface area contributed by atoms with Crippen molar-refractivity contribution in [1.29, 1.82) is 0 Å². The number of benzene rings is 1. The van der Waals surface area contributed by atoms with Gasteiger partial charge in [-0.2, -0.15) is 0 Å². The van der Waals surface area contributed by atoms with Crippen molar-refractivity contribution in [3.05, 3.63) is 26.6 Å². The predicted molar refractivity (Wildman–Crippen MR) is 83.4 cm³/mol. The van der Waals surface area contributed by atoms with E-state index in [2.05, 4.69) is 31.9 Å². The van der Waals surface area contributed by atoms with E-state index in [1.54, 1.807) is 19.0 Å². The normalized spacial score (nSPS) is 10.4. The minimum atomic E-state index is 0.0481. The van der Waals surface area contributed by atoms with Gasteiger partial charge < -0.3 is 15.4 Å². The summed E-state index contributed by atoms with van der Waals surface area (Å²) in [5.74, 6) is 0.763. The minimum Gasteiger partial charge on any atom is -0.491 e. The summed E-state index contributed by atoms with van der Waals surface area (Å²) in [6.45, 7) is 0.959. The Morgan fingerprint density at radius 2 is 1.89 bits per heavy atom.